The fourth-order valence-electron chi connectivity index (χ4n) is 2.71. The fourth-order valence-corrected chi connectivity index (χ4v) is 5.63. The first-order chi connectivity index (χ1) is 11.1. The SMILES string of the molecule is CC(=O)OI(Oc1ccc(C2(C)CCC2)cc1)c1ccccc1. The van der Waals surface area contributed by atoms with Crippen molar-refractivity contribution in [2.24, 2.45) is 0 Å². The van der Waals surface area contributed by atoms with E-state index in [1.54, 1.807) is 0 Å². The number of hydrogen-bond acceptors (Lipinski definition) is 3. The van der Waals surface area contributed by atoms with Gasteiger partial charge in [-0.05, 0) is 0 Å². The summed E-state index contributed by atoms with van der Waals surface area (Å²) in [6, 6.07) is 18.0. The van der Waals surface area contributed by atoms with Crippen LogP contribution in [0, 0.1) is 3.57 Å². The number of benzene rings is 2. The fraction of sp³-hybridized carbons (Fsp3) is 0.316. The van der Waals surface area contributed by atoms with Gasteiger partial charge in [0.25, 0.3) is 0 Å². The van der Waals surface area contributed by atoms with E-state index >= 15 is 0 Å². The van der Waals surface area contributed by atoms with E-state index in [2.05, 4.69) is 19.1 Å². The molecule has 2 aromatic rings. The molecule has 0 N–H and O–H groups in total. The molecule has 4 heteroatoms. The molecule has 1 fully saturated rings. The minimum atomic E-state index is -2.48. The first-order valence-electron chi connectivity index (χ1n) is 7.80. The number of halogens is 1. The van der Waals surface area contributed by atoms with Crippen LogP contribution in [0.25, 0.3) is 0 Å². The number of rotatable bonds is 5. The topological polar surface area (TPSA) is 35.5 Å². The summed E-state index contributed by atoms with van der Waals surface area (Å²) in [6.45, 7) is 3.74. The van der Waals surface area contributed by atoms with Crippen LogP contribution in [0.4, 0.5) is 0 Å². The Hall–Kier alpha value is -1.56. The minimum absolute atomic E-state index is 0.294. The van der Waals surface area contributed by atoms with Crippen LogP contribution in [0.5, 0.6) is 5.75 Å². The molecule has 0 atom stereocenters. The summed E-state index contributed by atoms with van der Waals surface area (Å²) in [7, 11) is 0. The molecule has 0 unspecified atom stereocenters. The maximum absolute atomic E-state index is 11.4. The Morgan fingerprint density at radius 3 is 2.22 bits per heavy atom. The zero-order valence-corrected chi connectivity index (χ0v) is 15.6. The van der Waals surface area contributed by atoms with E-state index in [0.29, 0.717) is 5.41 Å². The average Bonchev–Trinajstić information content (AvgIpc) is 2.53. The van der Waals surface area contributed by atoms with Gasteiger partial charge in [0.2, 0.25) is 0 Å². The van der Waals surface area contributed by atoms with Gasteiger partial charge in [0.1, 0.15) is 0 Å². The normalized spacial score (nSPS) is 16.2. The summed E-state index contributed by atoms with van der Waals surface area (Å²) in [5.74, 6) is 0.477. The first kappa shape index (κ1) is 16.3. The summed E-state index contributed by atoms with van der Waals surface area (Å²) in [5.41, 5.74) is 1.69. The van der Waals surface area contributed by atoms with Crippen molar-refractivity contribution < 1.29 is 10.9 Å². The molecule has 122 valence electrons. The van der Waals surface area contributed by atoms with Crippen molar-refractivity contribution in [3.05, 3.63) is 63.7 Å². The van der Waals surface area contributed by atoms with Crippen molar-refractivity contribution in [3.63, 3.8) is 0 Å². The first-order valence-corrected chi connectivity index (χ1v) is 10.6. The van der Waals surface area contributed by atoms with E-state index in [1.165, 1.54) is 31.7 Å². The average molecular weight is 424 g/mol. The van der Waals surface area contributed by atoms with Crippen LogP contribution >= 0.6 is 20.6 Å². The van der Waals surface area contributed by atoms with Gasteiger partial charge in [0.15, 0.2) is 0 Å². The van der Waals surface area contributed by atoms with E-state index < -0.39 is 20.6 Å². The Labute approximate surface area is 145 Å². The van der Waals surface area contributed by atoms with Crippen LogP contribution in [0.1, 0.15) is 38.7 Å². The Balaban J connectivity index is 1.76. The second-order valence-electron chi connectivity index (χ2n) is 6.10. The van der Waals surface area contributed by atoms with E-state index in [0.717, 1.165) is 9.32 Å². The molecular weight excluding hydrogens is 403 g/mol. The quantitative estimate of drug-likeness (QED) is 0.613. The standard InChI is InChI=1S/C19H21IO3/c1-15(21)22-20(17-7-4-3-5-8-17)23-18-11-9-16(10-12-18)19(2)13-6-14-19/h3-5,7-12H,6,13-14H2,1-2H3. The van der Waals surface area contributed by atoms with Gasteiger partial charge in [0.05, 0.1) is 0 Å². The Morgan fingerprint density at radius 1 is 1.04 bits per heavy atom. The van der Waals surface area contributed by atoms with Crippen LogP contribution in [0.3, 0.4) is 0 Å². The van der Waals surface area contributed by atoms with Gasteiger partial charge < -0.3 is 0 Å². The number of carbonyl (C=O) groups is 1. The van der Waals surface area contributed by atoms with Gasteiger partial charge in [0, 0.05) is 0 Å². The van der Waals surface area contributed by atoms with Crippen molar-refractivity contribution >= 4 is 26.6 Å². The molecule has 0 saturated heterocycles. The van der Waals surface area contributed by atoms with E-state index in [-0.39, 0.29) is 5.97 Å². The maximum atomic E-state index is 11.4. The third-order valence-corrected chi connectivity index (χ3v) is 7.92. The predicted octanol–water partition coefficient (Wildman–Crippen LogP) is 5.28. The molecule has 3 rings (SSSR count). The molecule has 0 aliphatic heterocycles. The van der Waals surface area contributed by atoms with Crippen LogP contribution in [0.15, 0.2) is 54.6 Å². The van der Waals surface area contributed by atoms with Gasteiger partial charge in [-0.15, -0.1) is 0 Å². The molecule has 2 aromatic carbocycles. The van der Waals surface area contributed by atoms with E-state index in [1.807, 2.05) is 42.5 Å². The zero-order valence-electron chi connectivity index (χ0n) is 13.4. The zero-order chi connectivity index (χ0) is 16.3. The Bertz CT molecular complexity index is 663. The molecule has 23 heavy (non-hydrogen) atoms. The molecule has 3 nitrogen and oxygen atoms in total. The van der Waals surface area contributed by atoms with Gasteiger partial charge in [-0.1, -0.05) is 0 Å². The molecule has 1 aliphatic rings. The molecule has 1 saturated carbocycles. The Morgan fingerprint density at radius 2 is 1.70 bits per heavy atom. The summed E-state index contributed by atoms with van der Waals surface area (Å²) in [4.78, 5) is 11.4. The van der Waals surface area contributed by atoms with Gasteiger partial charge in [-0.2, -0.15) is 0 Å². The van der Waals surface area contributed by atoms with Gasteiger partial charge >= 0.3 is 146 Å². The van der Waals surface area contributed by atoms with Crippen molar-refractivity contribution in [2.75, 3.05) is 0 Å². The van der Waals surface area contributed by atoms with Crippen molar-refractivity contribution in [1.82, 2.24) is 0 Å². The molecule has 0 heterocycles. The summed E-state index contributed by atoms with van der Waals surface area (Å²) in [6.07, 6.45) is 3.82. The third kappa shape index (κ3) is 3.86. The molecule has 1 aliphatic carbocycles. The van der Waals surface area contributed by atoms with Crippen molar-refractivity contribution in [2.45, 2.75) is 38.5 Å². The molecular formula is C19H21IO3. The van der Waals surface area contributed by atoms with Gasteiger partial charge in [-0.3, -0.25) is 0 Å². The number of carbonyl (C=O) groups excluding carboxylic acids is 1. The van der Waals surface area contributed by atoms with E-state index in [9.17, 15) is 4.79 Å². The van der Waals surface area contributed by atoms with E-state index in [4.69, 9.17) is 6.13 Å². The molecule has 0 spiro atoms. The van der Waals surface area contributed by atoms with Crippen LogP contribution in [-0.2, 0) is 13.3 Å². The summed E-state index contributed by atoms with van der Waals surface area (Å²) >= 11 is -2.48. The third-order valence-electron chi connectivity index (χ3n) is 4.26. The number of hydrogen-bond donors (Lipinski definition) is 0. The van der Waals surface area contributed by atoms with Crippen molar-refractivity contribution in [3.8, 4) is 5.75 Å². The summed E-state index contributed by atoms with van der Waals surface area (Å²) < 4.78 is 12.5. The predicted molar refractivity (Wildman–Crippen MR) is 99.2 cm³/mol. The molecule has 0 bridgehead atoms. The summed E-state index contributed by atoms with van der Waals surface area (Å²) in [5, 5.41) is 0. The molecule has 0 aromatic heterocycles. The molecule has 0 amide bonds. The molecule has 0 radical (unpaired) electrons. The van der Waals surface area contributed by atoms with Crippen molar-refractivity contribution in [1.29, 1.82) is 0 Å². The second-order valence-corrected chi connectivity index (χ2v) is 9.46. The van der Waals surface area contributed by atoms with Gasteiger partial charge in [-0.25, -0.2) is 0 Å². The monoisotopic (exact) mass is 424 g/mol. The van der Waals surface area contributed by atoms with Crippen LogP contribution < -0.4 is 3.07 Å². The van der Waals surface area contributed by atoms with Crippen LogP contribution in [0.2, 0.25) is 0 Å². The Kier molecular flexibility index (Phi) is 4.90. The van der Waals surface area contributed by atoms with Crippen LogP contribution in [-0.4, -0.2) is 5.97 Å². The second kappa shape index (κ2) is 6.91.